The molecule has 21 heavy (non-hydrogen) atoms. The van der Waals surface area contributed by atoms with E-state index in [1.807, 2.05) is 10.8 Å². The number of nitrogens with one attached hydrogen (secondary N) is 1. The number of hydrogen-bond acceptors (Lipinski definition) is 5. The molecule has 2 aromatic rings. The van der Waals surface area contributed by atoms with Crippen molar-refractivity contribution in [1.82, 2.24) is 14.8 Å². The monoisotopic (exact) mass is 323 g/mol. The van der Waals surface area contributed by atoms with Gasteiger partial charge < -0.3 is 14.8 Å². The van der Waals surface area contributed by atoms with Crippen molar-refractivity contribution in [2.24, 2.45) is 0 Å². The average Bonchev–Trinajstić information content (AvgIpc) is 3.17. The highest BCUT2D eigenvalue weighted by Gasteiger charge is 2.26. The molecule has 0 atom stereocenters. The minimum atomic E-state index is -0.232. The molecule has 0 spiro atoms. The molecule has 3 heterocycles. The Labute approximate surface area is 128 Å². The van der Waals surface area contributed by atoms with E-state index in [9.17, 15) is 14.4 Å². The van der Waals surface area contributed by atoms with Gasteiger partial charge in [0.2, 0.25) is 0 Å². The Morgan fingerprint density at radius 2 is 1.71 bits per heavy atom. The highest BCUT2D eigenvalue weighted by atomic mass is 32.1. The SMILES string of the molecule is O=C(c1ccsc1)N1CCN(C(=O)c2csc(=O)[nH]2)CC1. The lowest BCUT2D eigenvalue weighted by Gasteiger charge is -2.34. The fourth-order valence-corrected chi connectivity index (χ4v) is 3.42. The quantitative estimate of drug-likeness (QED) is 0.899. The van der Waals surface area contributed by atoms with Crippen LogP contribution in [0.2, 0.25) is 0 Å². The molecule has 0 radical (unpaired) electrons. The number of hydrogen-bond donors (Lipinski definition) is 1. The predicted octanol–water partition coefficient (Wildman–Crippen LogP) is 1.10. The lowest BCUT2D eigenvalue weighted by Crippen LogP contribution is -2.50. The van der Waals surface area contributed by atoms with E-state index in [-0.39, 0.29) is 16.7 Å². The molecular weight excluding hydrogens is 310 g/mol. The highest BCUT2D eigenvalue weighted by Crippen LogP contribution is 2.13. The second kappa shape index (κ2) is 5.82. The lowest BCUT2D eigenvalue weighted by atomic mass is 10.2. The third-order valence-corrected chi connectivity index (χ3v) is 4.73. The summed E-state index contributed by atoms with van der Waals surface area (Å²) in [5.41, 5.74) is 1.02. The van der Waals surface area contributed by atoms with Crippen molar-refractivity contribution in [2.75, 3.05) is 26.2 Å². The second-order valence-corrected chi connectivity index (χ2v) is 6.28. The van der Waals surface area contributed by atoms with E-state index in [1.54, 1.807) is 15.9 Å². The van der Waals surface area contributed by atoms with E-state index in [0.29, 0.717) is 37.4 Å². The van der Waals surface area contributed by atoms with Crippen LogP contribution < -0.4 is 4.87 Å². The maximum atomic E-state index is 12.2. The van der Waals surface area contributed by atoms with Crippen LogP contribution in [0.5, 0.6) is 0 Å². The number of carbonyl (C=O) groups is 2. The molecule has 3 rings (SSSR count). The van der Waals surface area contributed by atoms with Crippen molar-refractivity contribution in [1.29, 1.82) is 0 Å². The number of carbonyl (C=O) groups excluding carboxylic acids is 2. The van der Waals surface area contributed by atoms with E-state index >= 15 is 0 Å². The molecule has 1 fully saturated rings. The molecule has 0 bridgehead atoms. The minimum absolute atomic E-state index is 0.00675. The Morgan fingerprint density at radius 1 is 1.05 bits per heavy atom. The summed E-state index contributed by atoms with van der Waals surface area (Å²) in [5.74, 6) is -0.178. The summed E-state index contributed by atoms with van der Waals surface area (Å²) in [6.45, 7) is 1.97. The van der Waals surface area contributed by atoms with Crippen LogP contribution in [0.25, 0.3) is 0 Å². The summed E-state index contributed by atoms with van der Waals surface area (Å²) in [6.07, 6.45) is 0. The Balaban J connectivity index is 1.61. The zero-order valence-corrected chi connectivity index (χ0v) is 12.7. The van der Waals surface area contributed by atoms with E-state index in [2.05, 4.69) is 4.98 Å². The van der Waals surface area contributed by atoms with Crippen LogP contribution in [0.3, 0.4) is 0 Å². The van der Waals surface area contributed by atoms with Gasteiger partial charge in [-0.1, -0.05) is 11.3 Å². The number of aromatic nitrogens is 1. The van der Waals surface area contributed by atoms with Crippen LogP contribution in [0.15, 0.2) is 27.0 Å². The van der Waals surface area contributed by atoms with Gasteiger partial charge in [-0.05, 0) is 11.4 Å². The van der Waals surface area contributed by atoms with Gasteiger partial charge >= 0.3 is 4.87 Å². The Kier molecular flexibility index (Phi) is 3.89. The summed E-state index contributed by atoms with van der Waals surface area (Å²) in [5, 5.41) is 5.24. The third-order valence-electron chi connectivity index (χ3n) is 3.37. The van der Waals surface area contributed by atoms with Gasteiger partial charge in [-0.2, -0.15) is 11.3 Å². The topological polar surface area (TPSA) is 73.5 Å². The molecule has 0 saturated carbocycles. The normalized spacial score (nSPS) is 15.2. The lowest BCUT2D eigenvalue weighted by molar-refractivity contribution is 0.0533. The molecule has 2 amide bonds. The zero-order valence-electron chi connectivity index (χ0n) is 11.1. The van der Waals surface area contributed by atoms with E-state index in [1.165, 1.54) is 16.7 Å². The van der Waals surface area contributed by atoms with Gasteiger partial charge in [-0.15, -0.1) is 0 Å². The van der Waals surface area contributed by atoms with Crippen molar-refractivity contribution >= 4 is 34.5 Å². The predicted molar refractivity (Wildman–Crippen MR) is 81.1 cm³/mol. The number of H-pyrrole nitrogens is 1. The second-order valence-electron chi connectivity index (χ2n) is 4.66. The molecule has 1 aliphatic rings. The van der Waals surface area contributed by atoms with Crippen molar-refractivity contribution in [3.05, 3.63) is 43.1 Å². The van der Waals surface area contributed by atoms with Crippen LogP contribution in [0, 0.1) is 0 Å². The van der Waals surface area contributed by atoms with Crippen molar-refractivity contribution in [2.45, 2.75) is 0 Å². The molecule has 8 heteroatoms. The molecule has 0 aliphatic carbocycles. The number of piperazine rings is 1. The Hall–Kier alpha value is -1.93. The van der Waals surface area contributed by atoms with Gasteiger partial charge in [-0.25, -0.2) is 0 Å². The van der Waals surface area contributed by atoms with E-state index in [4.69, 9.17) is 0 Å². The number of nitrogens with zero attached hydrogens (tertiary/aromatic N) is 2. The minimum Gasteiger partial charge on any atom is -0.335 e. The maximum Gasteiger partial charge on any atom is 0.305 e. The summed E-state index contributed by atoms with van der Waals surface area (Å²) in [7, 11) is 0. The number of rotatable bonds is 2. The summed E-state index contributed by atoms with van der Waals surface area (Å²) >= 11 is 2.47. The van der Waals surface area contributed by atoms with Crippen molar-refractivity contribution in [3.63, 3.8) is 0 Å². The van der Waals surface area contributed by atoms with E-state index in [0.717, 1.165) is 11.3 Å². The summed E-state index contributed by atoms with van der Waals surface area (Å²) in [4.78, 5) is 41.2. The fourth-order valence-electron chi connectivity index (χ4n) is 2.24. The van der Waals surface area contributed by atoms with Crippen molar-refractivity contribution < 1.29 is 9.59 Å². The van der Waals surface area contributed by atoms with Crippen LogP contribution in [-0.2, 0) is 0 Å². The van der Waals surface area contributed by atoms with Crippen LogP contribution in [0.1, 0.15) is 20.8 Å². The number of aromatic amines is 1. The number of amides is 2. The molecule has 6 nitrogen and oxygen atoms in total. The van der Waals surface area contributed by atoms with Gasteiger partial charge in [0.25, 0.3) is 11.8 Å². The molecule has 0 aromatic carbocycles. The van der Waals surface area contributed by atoms with Gasteiger partial charge in [-0.3, -0.25) is 14.4 Å². The average molecular weight is 323 g/mol. The van der Waals surface area contributed by atoms with Crippen LogP contribution in [-0.4, -0.2) is 52.8 Å². The third kappa shape index (κ3) is 2.91. The number of thiophene rings is 1. The van der Waals surface area contributed by atoms with Gasteiger partial charge in [0.15, 0.2) is 0 Å². The van der Waals surface area contributed by atoms with Crippen molar-refractivity contribution in [3.8, 4) is 0 Å². The largest absolute Gasteiger partial charge is 0.335 e. The smallest absolute Gasteiger partial charge is 0.305 e. The highest BCUT2D eigenvalue weighted by molar-refractivity contribution is 7.08. The molecular formula is C13H13N3O3S2. The van der Waals surface area contributed by atoms with Gasteiger partial charge in [0, 0.05) is 36.9 Å². The first-order valence-electron chi connectivity index (χ1n) is 6.44. The molecule has 1 N–H and O–H groups in total. The maximum absolute atomic E-state index is 12.2. The first kappa shape index (κ1) is 14.0. The first-order valence-corrected chi connectivity index (χ1v) is 8.26. The van der Waals surface area contributed by atoms with Crippen LogP contribution >= 0.6 is 22.7 Å². The van der Waals surface area contributed by atoms with Gasteiger partial charge in [0.05, 0.1) is 5.56 Å². The Bertz CT molecular complexity index is 696. The Morgan fingerprint density at radius 3 is 2.24 bits per heavy atom. The van der Waals surface area contributed by atoms with Gasteiger partial charge in [0.1, 0.15) is 5.69 Å². The molecule has 1 aliphatic heterocycles. The van der Waals surface area contributed by atoms with E-state index < -0.39 is 0 Å². The fraction of sp³-hybridized carbons (Fsp3) is 0.308. The first-order chi connectivity index (χ1) is 10.1. The summed E-state index contributed by atoms with van der Waals surface area (Å²) < 4.78 is 0. The summed E-state index contributed by atoms with van der Waals surface area (Å²) in [6, 6.07) is 1.81. The number of thiazole rings is 1. The standard InChI is InChI=1S/C13H13N3O3S2/c17-11(9-1-6-20-7-9)15-2-4-16(5-3-15)12(18)10-8-21-13(19)14-10/h1,6-8H,2-5H2,(H,14,19). The molecule has 0 unspecified atom stereocenters. The molecule has 1 saturated heterocycles. The molecule has 2 aromatic heterocycles. The van der Waals surface area contributed by atoms with Crippen LogP contribution in [0.4, 0.5) is 0 Å². The molecule has 110 valence electrons. The zero-order chi connectivity index (χ0) is 14.8.